The Morgan fingerprint density at radius 1 is 0.889 bits per heavy atom. The van der Waals surface area contributed by atoms with Gasteiger partial charge in [0.2, 0.25) is 5.78 Å². The summed E-state index contributed by atoms with van der Waals surface area (Å²) in [6, 6.07) is 9.13. The fraction of sp³-hybridized carbons (Fsp3) is 0.509. The molecule has 7 heterocycles. The van der Waals surface area contributed by atoms with Gasteiger partial charge in [0.1, 0.15) is 35.9 Å². The van der Waals surface area contributed by atoms with Crippen LogP contribution in [0.5, 0.6) is 11.5 Å². The summed E-state index contributed by atoms with van der Waals surface area (Å²) in [5.74, 6) is -4.25. The molecule has 6 spiro atoms. The first-order valence-corrected chi connectivity index (χ1v) is 26.2. The number of aliphatic hydroxyl groups excluding tert-OH is 5. The van der Waals surface area contributed by atoms with Crippen LogP contribution in [0.1, 0.15) is 150 Å². The summed E-state index contributed by atoms with van der Waals surface area (Å²) < 4.78 is 14.7. The number of ketones is 2. The van der Waals surface area contributed by atoms with Crippen LogP contribution in [-0.4, -0.2) is 107 Å². The number of nitrogens with one attached hydrogen (secondary N) is 2. The highest BCUT2D eigenvalue weighted by Gasteiger charge is 2.77. The Balaban J connectivity index is 1.06. The van der Waals surface area contributed by atoms with Crippen LogP contribution in [0.4, 0.5) is 5.82 Å². The van der Waals surface area contributed by atoms with Crippen molar-refractivity contribution >= 4 is 39.9 Å². The van der Waals surface area contributed by atoms with Crippen LogP contribution in [0.25, 0.3) is 21.7 Å². The van der Waals surface area contributed by atoms with Crippen LogP contribution in [0.3, 0.4) is 0 Å². The maximum Gasteiger partial charge on any atom is 0.301 e. The molecule has 5 fully saturated rings. The molecule has 0 amide bonds. The lowest BCUT2D eigenvalue weighted by molar-refractivity contribution is -0.366. The quantitative estimate of drug-likeness (QED) is 0.0831. The number of hydrogen-bond acceptors (Lipinski definition) is 13. The van der Waals surface area contributed by atoms with Gasteiger partial charge in [-0.3, -0.25) is 14.9 Å². The number of anilines is 1. The summed E-state index contributed by atoms with van der Waals surface area (Å²) in [7, 11) is 0. The molecule has 5 aliphatic heterocycles. The van der Waals surface area contributed by atoms with E-state index in [0.29, 0.717) is 71.1 Å². The Morgan fingerprint density at radius 3 is 2.46 bits per heavy atom. The average molecular weight is 973 g/mol. The highest BCUT2D eigenvalue weighted by Crippen LogP contribution is 2.76. The smallest absolute Gasteiger partial charge is 0.301 e. The van der Waals surface area contributed by atoms with Crippen LogP contribution >= 0.6 is 0 Å². The molecule has 2 aromatic carbocycles. The molecule has 4 aromatic rings. The third-order valence-electron chi connectivity index (χ3n) is 20.3. The van der Waals surface area contributed by atoms with Crippen LogP contribution in [0.15, 0.2) is 58.7 Å². The normalized spacial score (nSPS) is 37.0. The first-order valence-electron chi connectivity index (χ1n) is 26.2. The van der Waals surface area contributed by atoms with Crippen LogP contribution in [0.2, 0.25) is 0 Å². The molecule has 4 saturated carbocycles. The molecule has 7 aliphatic carbocycles. The number of aliphatic imine (C=N–C) groups is 1. The van der Waals surface area contributed by atoms with Crippen molar-refractivity contribution in [1.29, 1.82) is 0 Å². The summed E-state index contributed by atoms with van der Waals surface area (Å²) in [6.45, 7) is 3.26. The zero-order valence-electron chi connectivity index (χ0n) is 40.1. The number of ether oxygens (including phenoxy) is 2. The van der Waals surface area contributed by atoms with E-state index in [0.717, 1.165) is 87.1 Å². The van der Waals surface area contributed by atoms with Gasteiger partial charge in [-0.2, -0.15) is 0 Å². The van der Waals surface area contributed by atoms with Gasteiger partial charge in [-0.25, -0.2) is 4.98 Å². The maximum absolute atomic E-state index is 15.2. The molecule has 10 unspecified atom stereocenters. The van der Waals surface area contributed by atoms with E-state index >= 15 is 9.59 Å². The molecular formula is C57H58N5O10+. The van der Waals surface area contributed by atoms with Gasteiger partial charge in [-0.1, -0.05) is 36.2 Å². The van der Waals surface area contributed by atoms with Crippen LogP contribution in [-0.2, 0) is 11.2 Å². The number of aryl methyl sites for hydroxylation is 1. The Bertz CT molecular complexity index is 3220. The van der Waals surface area contributed by atoms with Crippen molar-refractivity contribution in [2.24, 2.45) is 26.7 Å². The zero-order valence-corrected chi connectivity index (χ0v) is 40.1. The molecule has 1 saturated heterocycles. The predicted octanol–water partition coefficient (Wildman–Crippen LogP) is 7.04. The molecule has 0 radical (unpaired) electrons. The van der Waals surface area contributed by atoms with E-state index in [9.17, 15) is 30.6 Å². The topological polar surface area (TPSA) is 241 Å². The lowest BCUT2D eigenvalue weighted by Gasteiger charge is -2.64. The third kappa shape index (κ3) is 5.39. The van der Waals surface area contributed by atoms with Gasteiger partial charge in [0, 0.05) is 51.4 Å². The fourth-order valence-electron chi connectivity index (χ4n) is 17.5. The van der Waals surface area contributed by atoms with Crippen molar-refractivity contribution in [3.63, 3.8) is 0 Å². The number of benzene rings is 2. The molecule has 2 aromatic heterocycles. The van der Waals surface area contributed by atoms with E-state index in [1.165, 1.54) is 12.7 Å². The zero-order chi connectivity index (χ0) is 49.1. The molecule has 370 valence electrons. The SMILES string of the molecule is Cc1cc(O)c2c(c1)C(=O)c1c(c3cc4c(nccc14)NCC(O)C14CC5(CCCC5)CC1c1cc(C[C+]5C=N[CH+][N-]5)[nH]c1C1=CC5(O3)OC3(C1=C4CC1(CCC4(CCCC4)C1)C3O)C(O)C(O)C5O)C2=O. The lowest BCUT2D eigenvalue weighted by atomic mass is 9.50. The van der Waals surface area contributed by atoms with Crippen LogP contribution < -0.4 is 10.1 Å². The minimum atomic E-state index is -2.44. The number of fused-ring (bicyclic) bond motifs is 7. The number of aliphatic hydroxyl groups is 5. The van der Waals surface area contributed by atoms with Crippen molar-refractivity contribution in [3.8, 4) is 11.5 Å². The Kier molecular flexibility index (Phi) is 8.80. The van der Waals surface area contributed by atoms with Crippen molar-refractivity contribution in [2.45, 2.75) is 151 Å². The Morgan fingerprint density at radius 2 is 1.68 bits per heavy atom. The first kappa shape index (κ1) is 44.0. The predicted molar refractivity (Wildman–Crippen MR) is 263 cm³/mol. The van der Waals surface area contributed by atoms with E-state index in [1.807, 2.05) is 0 Å². The van der Waals surface area contributed by atoms with Crippen LogP contribution in [0, 0.1) is 41.3 Å². The summed E-state index contributed by atoms with van der Waals surface area (Å²) in [4.78, 5) is 43.1. The molecule has 72 heavy (non-hydrogen) atoms. The van der Waals surface area contributed by atoms with Gasteiger partial charge < -0.3 is 50.4 Å². The second kappa shape index (κ2) is 14.4. The number of aromatic hydroxyl groups is 1. The number of H-pyrrole nitrogens is 1. The first-order chi connectivity index (χ1) is 34.6. The van der Waals surface area contributed by atoms with Gasteiger partial charge in [0.05, 0.1) is 35.7 Å². The van der Waals surface area contributed by atoms with Crippen molar-refractivity contribution < 1.29 is 49.7 Å². The number of rotatable bonds is 2. The molecule has 16 rings (SSSR count). The van der Waals surface area contributed by atoms with E-state index in [4.69, 9.17) is 14.5 Å². The largest absolute Gasteiger partial charge is 0.507 e. The van der Waals surface area contributed by atoms with Crippen molar-refractivity contribution in [1.82, 2.24) is 9.97 Å². The molecule has 15 nitrogen and oxygen atoms in total. The van der Waals surface area contributed by atoms with Gasteiger partial charge in [0.15, 0.2) is 23.5 Å². The number of hydrogen-bond donors (Lipinski definition) is 8. The van der Waals surface area contributed by atoms with Crippen molar-refractivity contribution in [3.05, 3.63) is 117 Å². The minimum absolute atomic E-state index is 0.0147. The number of aromatic nitrogens is 2. The molecule has 8 bridgehead atoms. The Labute approximate surface area is 415 Å². The number of carbonyl (C=O) groups excluding carboxylic acids is 2. The molecule has 10 atom stereocenters. The number of aromatic amines is 1. The monoisotopic (exact) mass is 972 g/mol. The lowest BCUT2D eigenvalue weighted by Crippen LogP contribution is -2.79. The Hall–Kier alpha value is -5.52. The fourth-order valence-corrected chi connectivity index (χ4v) is 17.5. The number of carbonyl (C=O) groups is 2. The third-order valence-corrected chi connectivity index (χ3v) is 20.3. The number of nitrogens with zero attached hydrogens (tertiary/aromatic N) is 3. The van der Waals surface area contributed by atoms with Gasteiger partial charge in [-0.15, -0.1) is 0 Å². The van der Waals surface area contributed by atoms with E-state index in [-0.39, 0.29) is 57.0 Å². The van der Waals surface area contributed by atoms with E-state index in [1.54, 1.807) is 43.6 Å². The average Bonchev–Trinajstić information content (AvgIpc) is 4.25. The molecular weight excluding hydrogens is 915 g/mol. The summed E-state index contributed by atoms with van der Waals surface area (Å²) in [5.41, 5.74) is 0.253. The number of phenols is 1. The summed E-state index contributed by atoms with van der Waals surface area (Å²) in [6.07, 6.45) is 9.14. The maximum atomic E-state index is 15.2. The molecule has 12 aliphatic rings. The molecule has 8 N–H and O–H groups in total. The number of phenolic OH excluding ortho intramolecular Hbond substituents is 1. The van der Waals surface area contributed by atoms with Gasteiger partial charge in [-0.05, 0) is 146 Å². The van der Waals surface area contributed by atoms with E-state index in [2.05, 4.69) is 26.7 Å². The minimum Gasteiger partial charge on any atom is -0.507 e. The summed E-state index contributed by atoms with van der Waals surface area (Å²) >= 11 is 0. The van der Waals surface area contributed by atoms with Gasteiger partial charge >= 0.3 is 6.21 Å². The molecule has 15 heteroatoms. The van der Waals surface area contributed by atoms with Crippen molar-refractivity contribution in [2.75, 3.05) is 11.9 Å². The second-order valence-electron chi connectivity index (χ2n) is 24.0. The highest BCUT2D eigenvalue weighted by molar-refractivity contribution is 6.34. The second-order valence-corrected chi connectivity index (χ2v) is 24.0. The van der Waals surface area contributed by atoms with Gasteiger partial charge in [0.25, 0.3) is 5.79 Å². The number of pyridine rings is 1. The highest BCUT2D eigenvalue weighted by atomic mass is 16.7. The van der Waals surface area contributed by atoms with E-state index < -0.39 is 64.3 Å². The standard InChI is InChI=1S/C57H57N5O10/c1-27-14-33-40(37(63)15-27)46(66)42-38-18-31-30(41(42)45(33)65)6-13-59-50(31)60-23-39(64)55-25-53(9-4-5-10-53)20-35(55)32-17-28(16-29-22-58-26-61-29)62-44(32)34-19-56(71-38)48(68)47(67)49(69)57(72-56)43(34)36(55)21-54(51(57)70)12-11-52(24-54)7-2-3-8-52/h6,13-15,17-19,22,26,35,39,47-49,51,62,64,67-70H,2-5,7-12,16,20-21,23-25H2,1H3,(H-,59,60,63,65,66)/p+1. The summed E-state index contributed by atoms with van der Waals surface area (Å²) in [5, 5.41) is 86.8.